The molecule has 2 rings (SSSR count). The van der Waals surface area contributed by atoms with Crippen LogP contribution in [-0.2, 0) is 4.74 Å². The Morgan fingerprint density at radius 2 is 1.77 bits per heavy atom. The van der Waals surface area contributed by atoms with E-state index in [9.17, 15) is 22.4 Å². The third-order valence-electron chi connectivity index (χ3n) is 2.76. The van der Waals surface area contributed by atoms with E-state index >= 15 is 0 Å². The number of carbonyl (C=O) groups excluding carboxylic acids is 1. The van der Waals surface area contributed by atoms with Crippen molar-refractivity contribution < 1.29 is 27.1 Å². The zero-order chi connectivity index (χ0) is 16.6. The van der Waals surface area contributed by atoms with Crippen LogP contribution in [0.2, 0.25) is 5.02 Å². The van der Waals surface area contributed by atoms with Gasteiger partial charge < -0.3 is 10.5 Å². The van der Waals surface area contributed by atoms with E-state index < -0.39 is 56.9 Å². The molecule has 1 heterocycles. The van der Waals surface area contributed by atoms with Crippen molar-refractivity contribution in [1.29, 1.82) is 0 Å². The first-order valence-corrected chi connectivity index (χ1v) is 6.03. The number of halogens is 5. The predicted octanol–water partition coefficient (Wildman–Crippen LogP) is 3.33. The molecule has 0 unspecified atom stereocenters. The summed E-state index contributed by atoms with van der Waals surface area (Å²) >= 11 is 5.67. The molecule has 2 aromatic rings. The molecule has 0 radical (unpaired) electrons. The first kappa shape index (κ1) is 16.0. The number of methoxy groups -OCH3 is 1. The van der Waals surface area contributed by atoms with E-state index in [0.29, 0.717) is 6.07 Å². The second-order valence-electron chi connectivity index (χ2n) is 4.09. The highest BCUT2D eigenvalue weighted by Gasteiger charge is 2.25. The maximum atomic E-state index is 14.1. The van der Waals surface area contributed by atoms with Gasteiger partial charge in [-0.2, -0.15) is 0 Å². The van der Waals surface area contributed by atoms with Crippen molar-refractivity contribution in [2.24, 2.45) is 0 Å². The molecule has 0 aliphatic heterocycles. The van der Waals surface area contributed by atoms with Crippen molar-refractivity contribution in [2.45, 2.75) is 0 Å². The third-order valence-corrected chi connectivity index (χ3v) is 3.14. The zero-order valence-electron chi connectivity index (χ0n) is 10.9. The Kier molecular flexibility index (Phi) is 4.23. The van der Waals surface area contributed by atoms with Crippen molar-refractivity contribution in [3.8, 4) is 11.3 Å². The number of pyridine rings is 1. The number of hydrogen-bond donors (Lipinski definition) is 1. The summed E-state index contributed by atoms with van der Waals surface area (Å²) in [6.45, 7) is 0. The number of nitrogens with two attached hydrogens (primary N) is 1. The third kappa shape index (κ3) is 2.57. The van der Waals surface area contributed by atoms with Crippen LogP contribution in [0.3, 0.4) is 0 Å². The van der Waals surface area contributed by atoms with Gasteiger partial charge in [-0.05, 0) is 6.07 Å². The highest BCUT2D eigenvalue weighted by Crippen LogP contribution is 2.34. The van der Waals surface area contributed by atoms with E-state index in [1.165, 1.54) is 0 Å². The molecule has 2 N–H and O–H groups in total. The van der Waals surface area contributed by atoms with E-state index in [0.717, 1.165) is 7.11 Å². The largest absolute Gasteiger partial charge is 0.464 e. The topological polar surface area (TPSA) is 65.2 Å². The van der Waals surface area contributed by atoms with Crippen molar-refractivity contribution in [3.63, 3.8) is 0 Å². The number of carbonyl (C=O) groups is 1. The molecule has 1 aromatic heterocycles. The Hall–Kier alpha value is -2.35. The fourth-order valence-electron chi connectivity index (χ4n) is 1.68. The molecular weight excluding hydrogens is 328 g/mol. The summed E-state index contributed by atoms with van der Waals surface area (Å²) in [5.41, 5.74) is 2.60. The van der Waals surface area contributed by atoms with E-state index in [-0.39, 0.29) is 6.07 Å². The number of benzene rings is 1. The second kappa shape index (κ2) is 5.80. The fourth-order valence-corrected chi connectivity index (χ4v) is 1.88. The van der Waals surface area contributed by atoms with Gasteiger partial charge in [-0.1, -0.05) is 11.6 Å². The lowest BCUT2D eigenvalue weighted by molar-refractivity contribution is 0.0594. The number of nitrogen functional groups attached to an aromatic ring is 1. The molecule has 0 bridgehead atoms. The Morgan fingerprint density at radius 3 is 2.36 bits per heavy atom. The van der Waals surface area contributed by atoms with Crippen LogP contribution in [0, 0.1) is 23.3 Å². The number of rotatable bonds is 2. The van der Waals surface area contributed by atoms with Crippen LogP contribution in [-0.4, -0.2) is 18.1 Å². The summed E-state index contributed by atoms with van der Waals surface area (Å²) in [4.78, 5) is 15.0. The lowest BCUT2D eigenvalue weighted by Crippen LogP contribution is -2.11. The summed E-state index contributed by atoms with van der Waals surface area (Å²) in [6.07, 6.45) is 0. The molecule has 22 heavy (non-hydrogen) atoms. The molecule has 0 atom stereocenters. The summed E-state index contributed by atoms with van der Waals surface area (Å²) in [6, 6.07) is 0.610. The van der Waals surface area contributed by atoms with Gasteiger partial charge in [0.15, 0.2) is 23.1 Å². The minimum absolute atomic E-state index is 0.217. The average Bonchev–Trinajstić information content (AvgIpc) is 2.48. The lowest BCUT2D eigenvalue weighted by atomic mass is 10.1. The predicted molar refractivity (Wildman–Crippen MR) is 70.3 cm³/mol. The zero-order valence-corrected chi connectivity index (χ0v) is 11.6. The van der Waals surface area contributed by atoms with Crippen LogP contribution < -0.4 is 5.73 Å². The molecule has 0 aliphatic rings. The summed E-state index contributed by atoms with van der Waals surface area (Å²) in [5, 5.41) is -0.531. The van der Waals surface area contributed by atoms with Crippen LogP contribution in [0.4, 0.5) is 23.2 Å². The maximum absolute atomic E-state index is 14.1. The fraction of sp³-hybridized carbons (Fsp3) is 0.0769. The number of anilines is 1. The smallest absolute Gasteiger partial charge is 0.358 e. The normalized spacial score (nSPS) is 10.6. The van der Waals surface area contributed by atoms with Gasteiger partial charge in [-0.25, -0.2) is 27.3 Å². The summed E-state index contributed by atoms with van der Waals surface area (Å²) in [7, 11) is 1.01. The number of aromatic nitrogens is 1. The van der Waals surface area contributed by atoms with Gasteiger partial charge in [-0.3, -0.25) is 0 Å². The SMILES string of the molecule is COC(=O)c1nc(-c2cc(F)c(F)cc2F)c(F)c(N)c1Cl. The Morgan fingerprint density at radius 1 is 1.18 bits per heavy atom. The number of hydrogen-bond acceptors (Lipinski definition) is 4. The van der Waals surface area contributed by atoms with E-state index in [1.54, 1.807) is 0 Å². The van der Waals surface area contributed by atoms with Crippen LogP contribution in [0.25, 0.3) is 11.3 Å². The van der Waals surface area contributed by atoms with E-state index in [4.69, 9.17) is 17.3 Å². The molecule has 0 saturated heterocycles. The van der Waals surface area contributed by atoms with Crippen molar-refractivity contribution in [3.05, 3.63) is 46.1 Å². The Balaban J connectivity index is 2.79. The van der Waals surface area contributed by atoms with Crippen LogP contribution in [0.15, 0.2) is 12.1 Å². The van der Waals surface area contributed by atoms with Gasteiger partial charge in [0, 0.05) is 11.6 Å². The molecular formula is C13H7ClF4N2O2. The lowest BCUT2D eigenvalue weighted by Gasteiger charge is -2.11. The number of esters is 1. The molecule has 0 fully saturated rings. The summed E-state index contributed by atoms with van der Waals surface area (Å²) in [5.74, 6) is -6.51. The standard InChI is InChI=1S/C13H7ClF4N2O2/c1-22-13(21)12-8(14)10(19)9(18)11(20-12)4-2-6(16)7(17)3-5(4)15/h2-3H,1H3,(H2,19,20). The average molecular weight is 335 g/mol. The van der Waals surface area contributed by atoms with Gasteiger partial charge in [0.1, 0.15) is 11.5 Å². The summed E-state index contributed by atoms with van der Waals surface area (Å²) < 4.78 is 58.4. The second-order valence-corrected chi connectivity index (χ2v) is 4.47. The maximum Gasteiger partial charge on any atom is 0.358 e. The minimum atomic E-state index is -1.46. The van der Waals surface area contributed by atoms with Crippen molar-refractivity contribution in [2.75, 3.05) is 12.8 Å². The first-order valence-electron chi connectivity index (χ1n) is 5.65. The van der Waals surface area contributed by atoms with Gasteiger partial charge in [0.05, 0.1) is 17.8 Å². The molecule has 9 heteroatoms. The Bertz CT molecular complexity index is 783. The monoisotopic (exact) mass is 334 g/mol. The van der Waals surface area contributed by atoms with Gasteiger partial charge in [-0.15, -0.1) is 0 Å². The van der Waals surface area contributed by atoms with E-state index in [2.05, 4.69) is 9.72 Å². The van der Waals surface area contributed by atoms with E-state index in [1.807, 2.05) is 0 Å². The van der Waals surface area contributed by atoms with Crippen LogP contribution in [0.1, 0.15) is 10.5 Å². The Labute approximate surface area is 126 Å². The molecule has 0 spiro atoms. The minimum Gasteiger partial charge on any atom is -0.464 e. The molecule has 1 aromatic carbocycles. The first-order chi connectivity index (χ1) is 10.3. The molecule has 116 valence electrons. The van der Waals surface area contributed by atoms with Gasteiger partial charge in [0.25, 0.3) is 0 Å². The quantitative estimate of drug-likeness (QED) is 0.520. The highest BCUT2D eigenvalue weighted by molar-refractivity contribution is 6.35. The van der Waals surface area contributed by atoms with Gasteiger partial charge >= 0.3 is 5.97 Å². The number of ether oxygens (including phenoxy) is 1. The molecule has 0 saturated carbocycles. The molecule has 4 nitrogen and oxygen atoms in total. The van der Waals surface area contributed by atoms with Crippen molar-refractivity contribution >= 4 is 23.3 Å². The van der Waals surface area contributed by atoms with Gasteiger partial charge in [0.2, 0.25) is 0 Å². The number of nitrogens with zero attached hydrogens (tertiary/aromatic N) is 1. The molecule has 0 aliphatic carbocycles. The van der Waals surface area contributed by atoms with Crippen LogP contribution in [0.5, 0.6) is 0 Å². The van der Waals surface area contributed by atoms with Crippen LogP contribution >= 0.6 is 11.6 Å². The highest BCUT2D eigenvalue weighted by atomic mass is 35.5. The van der Waals surface area contributed by atoms with Crippen molar-refractivity contribution in [1.82, 2.24) is 4.98 Å². The molecule has 0 amide bonds.